The number of hydrogen-bond donors (Lipinski definition) is 0. The molecule has 23 heavy (non-hydrogen) atoms. The molecule has 1 fully saturated rings. The molecular weight excluding hydrogens is 312 g/mol. The van der Waals surface area contributed by atoms with Crippen LogP contribution < -0.4 is 4.90 Å². The van der Waals surface area contributed by atoms with Gasteiger partial charge in [0, 0.05) is 26.1 Å². The predicted molar refractivity (Wildman–Crippen MR) is 86.1 cm³/mol. The molecule has 1 aliphatic rings. The Balaban J connectivity index is 1.82. The molecule has 1 saturated heterocycles. The van der Waals surface area contributed by atoms with Crippen LogP contribution in [0, 0.1) is 22.7 Å². The minimum absolute atomic E-state index is 0.362. The highest BCUT2D eigenvalue weighted by Crippen LogP contribution is 2.35. The second-order valence-corrected chi connectivity index (χ2v) is 6.05. The van der Waals surface area contributed by atoms with Crippen LogP contribution in [0.15, 0.2) is 18.5 Å². The van der Waals surface area contributed by atoms with Crippen LogP contribution in [0.5, 0.6) is 0 Å². The van der Waals surface area contributed by atoms with Crippen LogP contribution in [-0.4, -0.2) is 27.9 Å². The van der Waals surface area contributed by atoms with E-state index in [1.54, 1.807) is 18.5 Å². The number of anilines is 1. The first-order valence-corrected chi connectivity index (χ1v) is 7.74. The Bertz CT molecular complexity index is 805. The van der Waals surface area contributed by atoms with Gasteiger partial charge in [0.05, 0.1) is 27.9 Å². The van der Waals surface area contributed by atoms with Gasteiger partial charge in [0.1, 0.15) is 18.2 Å². The molecule has 0 N–H and O–H groups in total. The molecule has 7 heteroatoms. The fourth-order valence-corrected chi connectivity index (χ4v) is 3.43. The van der Waals surface area contributed by atoms with Gasteiger partial charge >= 0.3 is 0 Å². The van der Waals surface area contributed by atoms with Crippen LogP contribution >= 0.6 is 11.6 Å². The lowest BCUT2D eigenvalue weighted by Crippen LogP contribution is -2.34. The molecule has 116 valence electrons. The number of benzene rings is 1. The Morgan fingerprint density at radius 2 is 1.96 bits per heavy atom. The van der Waals surface area contributed by atoms with Gasteiger partial charge < -0.3 is 9.47 Å². The molecule has 0 atom stereocenters. The van der Waals surface area contributed by atoms with Crippen LogP contribution in [0.1, 0.15) is 35.7 Å². The summed E-state index contributed by atoms with van der Waals surface area (Å²) in [7, 11) is 1.95. The Morgan fingerprint density at radius 1 is 1.22 bits per heavy atom. The van der Waals surface area contributed by atoms with Crippen molar-refractivity contribution in [3.05, 3.63) is 40.4 Å². The number of halogens is 1. The summed E-state index contributed by atoms with van der Waals surface area (Å²) >= 11 is 6.32. The zero-order valence-electron chi connectivity index (χ0n) is 12.7. The predicted octanol–water partition coefficient (Wildman–Crippen LogP) is 2.60. The van der Waals surface area contributed by atoms with Crippen molar-refractivity contribution in [2.24, 2.45) is 7.05 Å². The molecule has 1 aromatic heterocycles. The van der Waals surface area contributed by atoms with E-state index in [0.29, 0.717) is 22.1 Å². The molecule has 6 nitrogen and oxygen atoms in total. The number of aromatic nitrogens is 3. The lowest BCUT2D eigenvalue weighted by atomic mass is 9.95. The smallest absolute Gasteiger partial charge is 0.135 e. The maximum Gasteiger partial charge on any atom is 0.135 e. The van der Waals surface area contributed by atoms with Gasteiger partial charge in [0.25, 0.3) is 0 Å². The first-order valence-electron chi connectivity index (χ1n) is 7.36. The molecule has 0 aliphatic carbocycles. The number of nitrogens with zero attached hydrogens (tertiary/aromatic N) is 6. The quantitative estimate of drug-likeness (QED) is 0.847. The van der Waals surface area contributed by atoms with Crippen molar-refractivity contribution in [1.29, 1.82) is 10.5 Å². The Labute approximate surface area is 139 Å². The van der Waals surface area contributed by atoms with Crippen molar-refractivity contribution < 1.29 is 0 Å². The topological polar surface area (TPSA) is 81.5 Å². The van der Waals surface area contributed by atoms with E-state index in [1.807, 2.05) is 17.7 Å². The summed E-state index contributed by atoms with van der Waals surface area (Å²) in [5.74, 6) is 1.36. The minimum atomic E-state index is 0.362. The normalized spacial score (nSPS) is 15.2. The Kier molecular flexibility index (Phi) is 4.18. The summed E-state index contributed by atoms with van der Waals surface area (Å²) in [5, 5.41) is 27.0. The van der Waals surface area contributed by atoms with Crippen molar-refractivity contribution >= 4 is 17.3 Å². The first-order chi connectivity index (χ1) is 11.1. The van der Waals surface area contributed by atoms with E-state index in [0.717, 1.165) is 37.4 Å². The lowest BCUT2D eigenvalue weighted by molar-refractivity contribution is 0.474. The summed E-state index contributed by atoms with van der Waals surface area (Å²) < 4.78 is 1.95. The van der Waals surface area contributed by atoms with E-state index in [2.05, 4.69) is 21.2 Å². The van der Waals surface area contributed by atoms with Crippen LogP contribution in [0.25, 0.3) is 0 Å². The van der Waals surface area contributed by atoms with Gasteiger partial charge in [-0.25, -0.2) is 0 Å². The van der Waals surface area contributed by atoms with E-state index in [1.165, 1.54) is 0 Å². The molecule has 2 aromatic rings. The van der Waals surface area contributed by atoms with Gasteiger partial charge in [-0.3, -0.25) is 0 Å². The number of rotatable bonds is 2. The number of aryl methyl sites for hydroxylation is 1. The standard InChI is InChI=1S/C16H15ClN6/c1-22-10-20-21-16(22)12-2-4-23(5-3-12)15-13(9-19)6-11(8-18)7-14(15)17/h6-7,10,12H,2-5H2,1H3. The monoisotopic (exact) mass is 326 g/mol. The van der Waals surface area contributed by atoms with Crippen molar-refractivity contribution in [2.75, 3.05) is 18.0 Å². The maximum absolute atomic E-state index is 9.37. The maximum atomic E-state index is 9.37. The molecule has 0 spiro atoms. The summed E-state index contributed by atoms with van der Waals surface area (Å²) in [6.07, 6.45) is 3.56. The molecule has 2 heterocycles. The van der Waals surface area contributed by atoms with Crippen molar-refractivity contribution in [3.8, 4) is 12.1 Å². The zero-order valence-corrected chi connectivity index (χ0v) is 13.5. The van der Waals surface area contributed by atoms with E-state index < -0.39 is 0 Å². The highest BCUT2D eigenvalue weighted by atomic mass is 35.5. The Morgan fingerprint density at radius 3 is 2.52 bits per heavy atom. The van der Waals surface area contributed by atoms with Gasteiger partial charge in [-0.15, -0.1) is 10.2 Å². The molecule has 0 bridgehead atoms. The van der Waals surface area contributed by atoms with Crippen LogP contribution in [0.4, 0.5) is 5.69 Å². The average Bonchev–Trinajstić information content (AvgIpc) is 3.00. The van der Waals surface area contributed by atoms with Crippen molar-refractivity contribution in [2.45, 2.75) is 18.8 Å². The van der Waals surface area contributed by atoms with E-state index in [9.17, 15) is 5.26 Å². The van der Waals surface area contributed by atoms with E-state index in [4.69, 9.17) is 16.9 Å². The van der Waals surface area contributed by atoms with Gasteiger partial charge in [-0.2, -0.15) is 10.5 Å². The van der Waals surface area contributed by atoms with Gasteiger partial charge in [0.15, 0.2) is 0 Å². The second-order valence-electron chi connectivity index (χ2n) is 5.64. The summed E-state index contributed by atoms with van der Waals surface area (Å²) in [4.78, 5) is 2.12. The summed E-state index contributed by atoms with van der Waals surface area (Å²) in [6, 6.07) is 7.40. The van der Waals surface area contributed by atoms with Crippen LogP contribution in [0.3, 0.4) is 0 Å². The first kappa shape index (κ1) is 15.3. The fraction of sp³-hybridized carbons (Fsp3) is 0.375. The molecule has 0 unspecified atom stereocenters. The van der Waals surface area contributed by atoms with Crippen LogP contribution in [0.2, 0.25) is 5.02 Å². The largest absolute Gasteiger partial charge is 0.369 e. The van der Waals surface area contributed by atoms with Gasteiger partial charge in [-0.05, 0) is 25.0 Å². The lowest BCUT2D eigenvalue weighted by Gasteiger charge is -2.34. The highest BCUT2D eigenvalue weighted by molar-refractivity contribution is 6.33. The third kappa shape index (κ3) is 2.86. The van der Waals surface area contributed by atoms with Gasteiger partial charge in [0.2, 0.25) is 0 Å². The van der Waals surface area contributed by atoms with Crippen molar-refractivity contribution in [1.82, 2.24) is 14.8 Å². The molecule has 0 amide bonds. The SMILES string of the molecule is Cn1cnnc1C1CCN(c2c(Cl)cc(C#N)cc2C#N)CC1. The second kappa shape index (κ2) is 6.28. The van der Waals surface area contributed by atoms with Crippen LogP contribution in [-0.2, 0) is 7.05 Å². The molecule has 1 aliphatic heterocycles. The minimum Gasteiger partial charge on any atom is -0.369 e. The number of nitriles is 2. The molecule has 1 aromatic carbocycles. The molecule has 3 rings (SSSR count). The molecular formula is C16H15ClN6. The summed E-state index contributed by atoms with van der Waals surface area (Å²) in [6.45, 7) is 1.58. The van der Waals surface area contributed by atoms with Gasteiger partial charge in [-0.1, -0.05) is 11.6 Å². The van der Waals surface area contributed by atoms with E-state index in [-0.39, 0.29) is 0 Å². The Hall–Kier alpha value is -2.57. The third-order valence-electron chi connectivity index (χ3n) is 4.24. The van der Waals surface area contributed by atoms with E-state index >= 15 is 0 Å². The molecule has 0 radical (unpaired) electrons. The third-order valence-corrected chi connectivity index (χ3v) is 4.52. The molecule has 0 saturated carbocycles. The van der Waals surface area contributed by atoms with Crippen molar-refractivity contribution in [3.63, 3.8) is 0 Å². The number of hydrogen-bond acceptors (Lipinski definition) is 5. The fourth-order valence-electron chi connectivity index (χ4n) is 3.09. The summed E-state index contributed by atoms with van der Waals surface area (Å²) in [5.41, 5.74) is 1.58. The number of piperidine rings is 1. The zero-order chi connectivity index (χ0) is 16.4. The average molecular weight is 327 g/mol. The highest BCUT2D eigenvalue weighted by Gasteiger charge is 2.26.